The SMILES string of the molecule is O=C(O)C(F)(COS(=O)Cl)C(=O)O. The molecule has 0 aliphatic rings. The second-order valence-corrected chi connectivity index (χ2v) is 3.25. The summed E-state index contributed by atoms with van der Waals surface area (Å²) in [4.78, 5) is 20.2. The van der Waals surface area contributed by atoms with Crippen LogP contribution < -0.4 is 0 Å². The second kappa shape index (κ2) is 4.49. The lowest BCUT2D eigenvalue weighted by Crippen LogP contribution is -2.46. The van der Waals surface area contributed by atoms with Crippen LogP contribution in [-0.4, -0.2) is 38.6 Å². The average Bonchev–Trinajstić information content (AvgIpc) is 1.99. The van der Waals surface area contributed by atoms with E-state index in [4.69, 9.17) is 20.9 Å². The predicted octanol–water partition coefficient (Wildman–Crippen LogP) is -0.302. The highest BCUT2D eigenvalue weighted by atomic mass is 35.7. The third-order valence-corrected chi connectivity index (χ3v) is 1.60. The van der Waals surface area contributed by atoms with E-state index >= 15 is 0 Å². The first-order valence-corrected chi connectivity index (χ1v) is 4.58. The molecule has 0 saturated heterocycles. The Morgan fingerprint density at radius 2 is 1.85 bits per heavy atom. The summed E-state index contributed by atoms with van der Waals surface area (Å²) >= 11 is 0. The molecule has 0 aliphatic heterocycles. The number of carboxylic acid groups (broad SMARTS) is 2. The van der Waals surface area contributed by atoms with Gasteiger partial charge in [-0.1, -0.05) is 0 Å². The summed E-state index contributed by atoms with van der Waals surface area (Å²) in [6.45, 7) is -1.42. The van der Waals surface area contributed by atoms with Crippen molar-refractivity contribution in [1.82, 2.24) is 0 Å². The van der Waals surface area contributed by atoms with Crippen molar-refractivity contribution in [3.8, 4) is 0 Å². The minimum atomic E-state index is -3.63. The van der Waals surface area contributed by atoms with Gasteiger partial charge in [0, 0.05) is 10.7 Å². The molecule has 1 unspecified atom stereocenters. The van der Waals surface area contributed by atoms with Crippen LogP contribution in [0, 0.1) is 0 Å². The fourth-order valence-electron chi connectivity index (χ4n) is 0.342. The Morgan fingerprint density at radius 1 is 1.46 bits per heavy atom. The largest absolute Gasteiger partial charge is 0.478 e. The maximum Gasteiger partial charge on any atom is 0.355 e. The zero-order valence-electron chi connectivity index (χ0n) is 5.90. The van der Waals surface area contributed by atoms with Gasteiger partial charge in [0.2, 0.25) is 0 Å². The highest BCUT2D eigenvalue weighted by Crippen LogP contribution is 2.13. The topological polar surface area (TPSA) is 101 Å². The van der Waals surface area contributed by atoms with Crippen molar-refractivity contribution in [2.75, 3.05) is 6.61 Å². The van der Waals surface area contributed by atoms with Gasteiger partial charge in [0.15, 0.2) is 0 Å². The number of aliphatic carboxylic acids is 2. The molecule has 13 heavy (non-hydrogen) atoms. The number of rotatable bonds is 5. The summed E-state index contributed by atoms with van der Waals surface area (Å²) in [6.07, 6.45) is 0. The lowest BCUT2D eigenvalue weighted by molar-refractivity contribution is -0.169. The molecular formula is C4H4ClFO6S. The van der Waals surface area contributed by atoms with E-state index in [9.17, 15) is 18.2 Å². The maximum absolute atomic E-state index is 12.9. The van der Waals surface area contributed by atoms with E-state index in [0.29, 0.717) is 0 Å². The first-order valence-electron chi connectivity index (χ1n) is 2.67. The van der Waals surface area contributed by atoms with Gasteiger partial charge in [-0.15, -0.1) is 0 Å². The van der Waals surface area contributed by atoms with Crippen LogP contribution in [0.4, 0.5) is 4.39 Å². The summed E-state index contributed by atoms with van der Waals surface area (Å²) in [7, 11) is 2.25. The number of hydrogen-bond acceptors (Lipinski definition) is 4. The lowest BCUT2D eigenvalue weighted by atomic mass is 10.1. The van der Waals surface area contributed by atoms with Crippen molar-refractivity contribution < 1.29 is 32.6 Å². The van der Waals surface area contributed by atoms with Crippen molar-refractivity contribution >= 4 is 32.9 Å². The van der Waals surface area contributed by atoms with Crippen molar-refractivity contribution in [3.63, 3.8) is 0 Å². The Labute approximate surface area is 78.4 Å². The maximum atomic E-state index is 12.9. The number of hydrogen-bond donors (Lipinski definition) is 2. The van der Waals surface area contributed by atoms with Crippen LogP contribution in [0.1, 0.15) is 0 Å². The minimum absolute atomic E-state index is 1.42. The third-order valence-electron chi connectivity index (χ3n) is 1.03. The van der Waals surface area contributed by atoms with Gasteiger partial charge in [0.25, 0.3) is 10.3 Å². The summed E-state index contributed by atoms with van der Waals surface area (Å²) in [5.41, 5.74) is -3.63. The number of halogens is 2. The van der Waals surface area contributed by atoms with Gasteiger partial charge in [-0.25, -0.2) is 18.2 Å². The monoisotopic (exact) mass is 234 g/mol. The summed E-state index contributed by atoms with van der Waals surface area (Å²) in [5.74, 6) is -4.50. The molecule has 0 spiro atoms. The van der Waals surface area contributed by atoms with Gasteiger partial charge < -0.3 is 10.2 Å². The normalized spacial score (nSPS) is 13.7. The molecule has 0 aromatic heterocycles. The molecule has 9 heteroatoms. The van der Waals surface area contributed by atoms with E-state index in [0.717, 1.165) is 0 Å². The molecule has 1 atom stereocenters. The fraction of sp³-hybridized carbons (Fsp3) is 0.500. The summed E-state index contributed by atoms with van der Waals surface area (Å²) in [6, 6.07) is 0. The van der Waals surface area contributed by atoms with Crippen LogP contribution in [-0.2, 0) is 24.1 Å². The van der Waals surface area contributed by atoms with E-state index in [-0.39, 0.29) is 0 Å². The number of carbonyl (C=O) groups is 2. The Bertz CT molecular complexity index is 241. The Hall–Kier alpha value is -0.730. The molecule has 0 radical (unpaired) electrons. The molecule has 0 fully saturated rings. The number of carboxylic acids is 2. The van der Waals surface area contributed by atoms with E-state index in [1.165, 1.54) is 0 Å². The Morgan fingerprint density at radius 3 is 2.08 bits per heavy atom. The van der Waals surface area contributed by atoms with Gasteiger partial charge in [0.05, 0.1) is 0 Å². The van der Waals surface area contributed by atoms with Gasteiger partial charge in [-0.3, -0.25) is 4.18 Å². The molecule has 0 amide bonds. The minimum Gasteiger partial charge on any atom is -0.478 e. The molecule has 0 heterocycles. The molecule has 0 saturated carbocycles. The van der Waals surface area contributed by atoms with Gasteiger partial charge >= 0.3 is 17.6 Å². The molecule has 76 valence electrons. The van der Waals surface area contributed by atoms with E-state index < -0.39 is 34.5 Å². The first-order chi connectivity index (χ1) is 5.80. The molecule has 6 nitrogen and oxygen atoms in total. The van der Waals surface area contributed by atoms with E-state index in [1.807, 2.05) is 0 Å². The highest BCUT2D eigenvalue weighted by Gasteiger charge is 2.48. The second-order valence-electron chi connectivity index (χ2n) is 1.87. The van der Waals surface area contributed by atoms with Crippen molar-refractivity contribution in [3.05, 3.63) is 0 Å². The average molecular weight is 235 g/mol. The Balaban J connectivity index is 4.52. The molecule has 2 N–H and O–H groups in total. The summed E-state index contributed by atoms with van der Waals surface area (Å²) < 4.78 is 26.7. The molecular weight excluding hydrogens is 231 g/mol. The highest BCUT2D eigenvalue weighted by molar-refractivity contribution is 8.04. The lowest BCUT2D eigenvalue weighted by Gasteiger charge is -2.13. The smallest absolute Gasteiger partial charge is 0.355 e. The van der Waals surface area contributed by atoms with Crippen LogP contribution in [0.5, 0.6) is 0 Å². The molecule has 0 rings (SSSR count). The first kappa shape index (κ1) is 12.3. The van der Waals surface area contributed by atoms with Crippen LogP contribution in [0.25, 0.3) is 0 Å². The molecule has 0 aliphatic carbocycles. The third kappa shape index (κ3) is 3.25. The number of alkyl halides is 1. The van der Waals surface area contributed by atoms with E-state index in [2.05, 4.69) is 4.18 Å². The van der Waals surface area contributed by atoms with E-state index in [1.54, 1.807) is 0 Å². The molecule has 0 aromatic carbocycles. The predicted molar refractivity (Wildman–Crippen MR) is 39.1 cm³/mol. The molecule has 0 aromatic rings. The quantitative estimate of drug-likeness (QED) is 0.500. The standard InChI is InChI=1S/C4H4ClFO6S/c5-13(11)12-1-4(6,2(7)8)3(9)10/h1H2,(H,7,8)(H,9,10). The van der Waals surface area contributed by atoms with Gasteiger partial charge in [-0.05, 0) is 0 Å². The van der Waals surface area contributed by atoms with Crippen molar-refractivity contribution in [2.24, 2.45) is 0 Å². The van der Waals surface area contributed by atoms with Crippen LogP contribution >= 0.6 is 10.7 Å². The zero-order chi connectivity index (χ0) is 10.6. The van der Waals surface area contributed by atoms with Gasteiger partial charge in [0.1, 0.15) is 6.61 Å². The Kier molecular flexibility index (Phi) is 4.24. The zero-order valence-corrected chi connectivity index (χ0v) is 7.47. The van der Waals surface area contributed by atoms with Gasteiger partial charge in [-0.2, -0.15) is 0 Å². The van der Waals surface area contributed by atoms with Crippen LogP contribution in [0.2, 0.25) is 0 Å². The van der Waals surface area contributed by atoms with Crippen molar-refractivity contribution in [2.45, 2.75) is 5.67 Å². The fourth-order valence-corrected chi connectivity index (χ4v) is 0.731. The summed E-state index contributed by atoms with van der Waals surface area (Å²) in [5, 5.41) is 16.3. The van der Waals surface area contributed by atoms with Crippen LogP contribution in [0.15, 0.2) is 0 Å². The van der Waals surface area contributed by atoms with Crippen molar-refractivity contribution in [1.29, 1.82) is 0 Å². The van der Waals surface area contributed by atoms with Crippen LogP contribution in [0.3, 0.4) is 0 Å². The molecule has 0 bridgehead atoms.